The molecule has 0 aliphatic carbocycles. The minimum Gasteiger partial charge on any atom is -0.496 e. The van der Waals surface area contributed by atoms with E-state index in [4.69, 9.17) is 27.9 Å². The maximum atomic E-state index is 13.1. The second-order valence-corrected chi connectivity index (χ2v) is 9.70. The van der Waals surface area contributed by atoms with Crippen LogP contribution in [0, 0.1) is 12.8 Å². The van der Waals surface area contributed by atoms with Gasteiger partial charge in [-0.1, -0.05) is 23.2 Å². The van der Waals surface area contributed by atoms with Crippen LogP contribution in [-0.2, 0) is 14.8 Å². The Morgan fingerprint density at radius 2 is 1.93 bits per heavy atom. The van der Waals surface area contributed by atoms with Crippen LogP contribution >= 0.6 is 23.2 Å². The number of anilines is 1. The van der Waals surface area contributed by atoms with Crippen molar-refractivity contribution in [2.45, 2.75) is 24.7 Å². The van der Waals surface area contributed by atoms with Crippen molar-refractivity contribution < 1.29 is 17.9 Å². The van der Waals surface area contributed by atoms with Gasteiger partial charge < -0.3 is 10.1 Å². The molecule has 1 saturated heterocycles. The van der Waals surface area contributed by atoms with E-state index in [0.29, 0.717) is 40.9 Å². The smallest absolute Gasteiger partial charge is 0.243 e. The van der Waals surface area contributed by atoms with Gasteiger partial charge in [-0.15, -0.1) is 0 Å². The third-order valence-electron chi connectivity index (χ3n) is 4.95. The van der Waals surface area contributed by atoms with Crippen LogP contribution in [0.5, 0.6) is 5.75 Å². The number of sulfonamides is 1. The lowest BCUT2D eigenvalue weighted by atomic mass is 9.99. The second kappa shape index (κ2) is 8.92. The number of hydrogen-bond donors (Lipinski definition) is 1. The minimum atomic E-state index is -3.70. The summed E-state index contributed by atoms with van der Waals surface area (Å²) in [5.74, 6) is -0.0667. The Balaban J connectivity index is 1.74. The predicted octanol–water partition coefficient (Wildman–Crippen LogP) is 4.35. The Morgan fingerprint density at radius 3 is 2.59 bits per heavy atom. The highest BCUT2D eigenvalue weighted by Gasteiger charge is 2.33. The number of nitrogens with zero attached hydrogens (tertiary/aromatic N) is 1. The van der Waals surface area contributed by atoms with E-state index in [1.165, 1.54) is 17.5 Å². The monoisotopic (exact) mass is 456 g/mol. The number of halogens is 2. The number of hydrogen-bond acceptors (Lipinski definition) is 4. The summed E-state index contributed by atoms with van der Waals surface area (Å²) in [5, 5.41) is 3.53. The normalized spacial score (nSPS) is 17.7. The fraction of sp³-hybridized carbons (Fsp3) is 0.350. The van der Waals surface area contributed by atoms with Gasteiger partial charge in [-0.25, -0.2) is 8.42 Å². The molecule has 2 aromatic rings. The zero-order valence-corrected chi connectivity index (χ0v) is 18.4. The molecule has 156 valence electrons. The average molecular weight is 457 g/mol. The van der Waals surface area contributed by atoms with Crippen LogP contribution in [0.15, 0.2) is 41.3 Å². The highest BCUT2D eigenvalue weighted by molar-refractivity contribution is 7.89. The van der Waals surface area contributed by atoms with Crippen LogP contribution < -0.4 is 10.1 Å². The number of benzene rings is 2. The standard InChI is InChI=1S/C20H22Cl2N2O4S/c1-13-10-16(6-8-19(13)28-2)29(26,27)24-9-3-4-14(12-24)20(25)23-15-5-7-17(21)18(22)11-15/h5-8,10-11,14H,3-4,9,12H2,1-2H3,(H,23,25)/t14-/m1/s1. The molecule has 1 aliphatic heterocycles. The van der Waals surface area contributed by atoms with Gasteiger partial charge >= 0.3 is 0 Å². The molecule has 2 aromatic carbocycles. The van der Waals surface area contributed by atoms with Gasteiger partial charge in [0.15, 0.2) is 0 Å². The zero-order valence-electron chi connectivity index (χ0n) is 16.1. The Bertz CT molecular complexity index is 1030. The summed E-state index contributed by atoms with van der Waals surface area (Å²) in [7, 11) is -2.16. The van der Waals surface area contributed by atoms with Crippen LogP contribution in [0.3, 0.4) is 0 Å². The maximum absolute atomic E-state index is 13.1. The molecule has 1 heterocycles. The number of carbonyl (C=O) groups excluding carboxylic acids is 1. The molecule has 0 spiro atoms. The van der Waals surface area contributed by atoms with Crippen LogP contribution in [0.25, 0.3) is 0 Å². The van der Waals surface area contributed by atoms with Gasteiger partial charge in [0.05, 0.1) is 28.0 Å². The molecule has 0 bridgehead atoms. The number of nitrogens with one attached hydrogen (secondary N) is 1. The zero-order chi connectivity index (χ0) is 21.2. The quantitative estimate of drug-likeness (QED) is 0.725. The molecule has 0 unspecified atom stereocenters. The number of ether oxygens (including phenoxy) is 1. The molecule has 0 radical (unpaired) electrons. The van der Waals surface area contributed by atoms with Crippen LogP contribution in [0.1, 0.15) is 18.4 Å². The number of methoxy groups -OCH3 is 1. The number of aryl methyl sites for hydroxylation is 1. The van der Waals surface area contributed by atoms with E-state index in [9.17, 15) is 13.2 Å². The molecule has 3 rings (SSSR count). The molecule has 6 nitrogen and oxygen atoms in total. The number of rotatable bonds is 5. The summed E-state index contributed by atoms with van der Waals surface area (Å²) in [6, 6.07) is 9.58. The fourth-order valence-electron chi connectivity index (χ4n) is 3.35. The molecule has 9 heteroatoms. The minimum absolute atomic E-state index is 0.126. The van der Waals surface area contributed by atoms with Crippen molar-refractivity contribution in [3.8, 4) is 5.75 Å². The Hall–Kier alpha value is -1.80. The molecule has 1 fully saturated rings. The molecule has 0 aromatic heterocycles. The summed E-state index contributed by atoms with van der Waals surface area (Å²) in [5.41, 5.74) is 1.26. The number of piperidine rings is 1. The van der Waals surface area contributed by atoms with Crippen molar-refractivity contribution in [2.75, 3.05) is 25.5 Å². The van der Waals surface area contributed by atoms with Crippen LogP contribution in [0.2, 0.25) is 10.0 Å². The van der Waals surface area contributed by atoms with Crippen molar-refractivity contribution >= 4 is 44.8 Å². The van der Waals surface area contributed by atoms with Gasteiger partial charge in [-0.3, -0.25) is 4.79 Å². The molecular formula is C20H22Cl2N2O4S. The van der Waals surface area contributed by atoms with Crippen LogP contribution in [0.4, 0.5) is 5.69 Å². The van der Waals surface area contributed by atoms with Gasteiger partial charge in [-0.2, -0.15) is 4.31 Å². The Kier molecular flexibility index (Phi) is 6.73. The summed E-state index contributed by atoms with van der Waals surface area (Å²) < 4.78 is 32.7. The van der Waals surface area contributed by atoms with Crippen LogP contribution in [-0.4, -0.2) is 38.8 Å². The first-order valence-electron chi connectivity index (χ1n) is 9.13. The summed E-state index contributed by atoms with van der Waals surface area (Å²) in [4.78, 5) is 12.9. The number of amides is 1. The average Bonchev–Trinajstić information content (AvgIpc) is 2.70. The van der Waals surface area contributed by atoms with Gasteiger partial charge in [0.25, 0.3) is 0 Å². The lowest BCUT2D eigenvalue weighted by Crippen LogP contribution is -2.43. The summed E-state index contributed by atoms with van der Waals surface area (Å²) >= 11 is 11.9. The van der Waals surface area contributed by atoms with Crippen molar-refractivity contribution in [3.05, 3.63) is 52.0 Å². The second-order valence-electron chi connectivity index (χ2n) is 6.95. The highest BCUT2D eigenvalue weighted by atomic mass is 35.5. The van der Waals surface area contributed by atoms with E-state index >= 15 is 0 Å². The first-order valence-corrected chi connectivity index (χ1v) is 11.3. The van der Waals surface area contributed by atoms with E-state index in [2.05, 4.69) is 5.32 Å². The summed E-state index contributed by atoms with van der Waals surface area (Å²) in [6.45, 7) is 2.30. The predicted molar refractivity (Wildman–Crippen MR) is 114 cm³/mol. The molecular weight excluding hydrogens is 435 g/mol. The van der Waals surface area contributed by atoms with E-state index < -0.39 is 15.9 Å². The molecule has 29 heavy (non-hydrogen) atoms. The topological polar surface area (TPSA) is 75.7 Å². The number of carbonyl (C=O) groups is 1. The molecule has 1 atom stereocenters. The largest absolute Gasteiger partial charge is 0.496 e. The van der Waals surface area contributed by atoms with Crippen molar-refractivity contribution in [1.82, 2.24) is 4.31 Å². The first kappa shape index (κ1) is 21.9. The van der Waals surface area contributed by atoms with E-state index in [1.54, 1.807) is 37.3 Å². The molecule has 1 N–H and O–H groups in total. The van der Waals surface area contributed by atoms with Crippen molar-refractivity contribution in [2.24, 2.45) is 5.92 Å². The Labute approximate surface area is 180 Å². The summed E-state index contributed by atoms with van der Waals surface area (Å²) in [6.07, 6.45) is 1.22. The maximum Gasteiger partial charge on any atom is 0.243 e. The molecule has 0 saturated carbocycles. The van der Waals surface area contributed by atoms with E-state index in [0.717, 1.165) is 5.56 Å². The lowest BCUT2D eigenvalue weighted by molar-refractivity contribution is -0.120. The SMILES string of the molecule is COc1ccc(S(=O)(=O)N2CCC[C@@H](C(=O)Nc3ccc(Cl)c(Cl)c3)C2)cc1C. The third-order valence-corrected chi connectivity index (χ3v) is 7.55. The molecule has 1 amide bonds. The molecule has 1 aliphatic rings. The third kappa shape index (κ3) is 4.86. The van der Waals surface area contributed by atoms with Gasteiger partial charge in [0, 0.05) is 18.8 Å². The van der Waals surface area contributed by atoms with Crippen molar-refractivity contribution in [1.29, 1.82) is 0 Å². The fourth-order valence-corrected chi connectivity index (χ4v) is 5.26. The van der Waals surface area contributed by atoms with Crippen molar-refractivity contribution in [3.63, 3.8) is 0 Å². The van der Waals surface area contributed by atoms with Gasteiger partial charge in [0.1, 0.15) is 5.75 Å². The van der Waals surface area contributed by atoms with E-state index in [1.807, 2.05) is 0 Å². The Morgan fingerprint density at radius 1 is 1.17 bits per heavy atom. The van der Waals surface area contributed by atoms with Gasteiger partial charge in [-0.05, 0) is 61.7 Å². The highest BCUT2D eigenvalue weighted by Crippen LogP contribution is 2.29. The van der Waals surface area contributed by atoms with E-state index in [-0.39, 0.29) is 17.3 Å². The first-order chi connectivity index (χ1) is 13.7. The lowest BCUT2D eigenvalue weighted by Gasteiger charge is -2.31. The van der Waals surface area contributed by atoms with Gasteiger partial charge in [0.2, 0.25) is 15.9 Å².